The van der Waals surface area contributed by atoms with Gasteiger partial charge < -0.3 is 4.90 Å². The first-order valence-electron chi connectivity index (χ1n) is 5.05. The minimum atomic E-state index is 0.926. The van der Waals surface area contributed by atoms with Crippen molar-refractivity contribution >= 4 is 0 Å². The van der Waals surface area contributed by atoms with Gasteiger partial charge in [-0.15, -0.1) is 6.58 Å². The predicted octanol–water partition coefficient (Wildman–Crippen LogP) is 2.83. The van der Waals surface area contributed by atoms with E-state index in [9.17, 15) is 0 Å². The van der Waals surface area contributed by atoms with Crippen molar-refractivity contribution in [2.45, 2.75) is 45.1 Å². The lowest BCUT2D eigenvalue weighted by atomic mass is 10.1. The number of rotatable bonds is 6. The van der Waals surface area contributed by atoms with E-state index in [1.807, 2.05) is 0 Å². The largest absolute Gasteiger partial charge is 0.301 e. The van der Waals surface area contributed by atoms with Crippen LogP contribution in [0.15, 0.2) is 12.2 Å². The smallest absolute Gasteiger partial charge is 0.0220 e. The molecule has 12 heavy (non-hydrogen) atoms. The molecule has 0 amide bonds. The molecule has 0 N–H and O–H groups in total. The Morgan fingerprint density at radius 2 is 2.08 bits per heavy atom. The van der Waals surface area contributed by atoms with Crippen LogP contribution in [0.3, 0.4) is 0 Å². The zero-order valence-corrected chi connectivity index (χ0v) is 8.47. The SMILES string of the molecule is C=C(C)CCCCCC1CN1C. The fourth-order valence-electron chi connectivity index (χ4n) is 1.58. The molecule has 0 spiro atoms. The molecule has 0 aromatic heterocycles. The van der Waals surface area contributed by atoms with E-state index in [-0.39, 0.29) is 0 Å². The van der Waals surface area contributed by atoms with Crippen LogP contribution in [0.5, 0.6) is 0 Å². The molecular weight excluding hydrogens is 146 g/mol. The summed E-state index contributed by atoms with van der Waals surface area (Å²) < 4.78 is 0. The van der Waals surface area contributed by atoms with Gasteiger partial charge in [0.15, 0.2) is 0 Å². The second-order valence-electron chi connectivity index (χ2n) is 4.15. The van der Waals surface area contributed by atoms with Gasteiger partial charge in [0.2, 0.25) is 0 Å². The maximum atomic E-state index is 3.90. The molecule has 1 aliphatic rings. The molecule has 2 atom stereocenters. The fraction of sp³-hybridized carbons (Fsp3) is 0.818. The Morgan fingerprint density at radius 1 is 1.42 bits per heavy atom. The summed E-state index contributed by atoms with van der Waals surface area (Å²) in [6.45, 7) is 7.36. The van der Waals surface area contributed by atoms with Gasteiger partial charge in [0.1, 0.15) is 0 Å². The molecule has 0 aliphatic carbocycles. The van der Waals surface area contributed by atoms with Crippen LogP contribution in [0.2, 0.25) is 0 Å². The summed E-state index contributed by atoms with van der Waals surface area (Å²) in [5.41, 5.74) is 1.33. The molecular formula is C11H21N. The molecule has 0 aromatic carbocycles. The van der Waals surface area contributed by atoms with Crippen molar-refractivity contribution in [3.05, 3.63) is 12.2 Å². The van der Waals surface area contributed by atoms with Gasteiger partial charge in [-0.2, -0.15) is 0 Å². The third kappa shape index (κ3) is 3.91. The zero-order valence-electron chi connectivity index (χ0n) is 8.47. The van der Waals surface area contributed by atoms with Gasteiger partial charge in [-0.25, -0.2) is 0 Å². The molecule has 1 fully saturated rings. The molecule has 1 nitrogen and oxygen atoms in total. The van der Waals surface area contributed by atoms with Gasteiger partial charge in [0.05, 0.1) is 0 Å². The minimum Gasteiger partial charge on any atom is -0.301 e. The van der Waals surface area contributed by atoms with E-state index in [1.165, 1.54) is 44.2 Å². The van der Waals surface area contributed by atoms with Crippen LogP contribution >= 0.6 is 0 Å². The van der Waals surface area contributed by atoms with Gasteiger partial charge in [-0.1, -0.05) is 18.4 Å². The third-order valence-electron chi connectivity index (χ3n) is 2.63. The van der Waals surface area contributed by atoms with Crippen LogP contribution in [0, 0.1) is 0 Å². The normalized spacial score (nSPS) is 27.2. The van der Waals surface area contributed by atoms with E-state index < -0.39 is 0 Å². The number of likely N-dealkylation sites (N-methyl/N-ethyl adjacent to an activating group) is 1. The average molecular weight is 167 g/mol. The number of nitrogens with zero attached hydrogens (tertiary/aromatic N) is 1. The first kappa shape index (κ1) is 9.79. The van der Waals surface area contributed by atoms with Crippen LogP contribution < -0.4 is 0 Å². The third-order valence-corrected chi connectivity index (χ3v) is 2.63. The highest BCUT2D eigenvalue weighted by Crippen LogP contribution is 2.20. The molecule has 70 valence electrons. The lowest BCUT2D eigenvalue weighted by molar-refractivity contribution is 0.549. The summed E-state index contributed by atoms with van der Waals surface area (Å²) in [6.07, 6.45) is 6.76. The number of allylic oxidation sites excluding steroid dienone is 1. The Morgan fingerprint density at radius 3 is 2.58 bits per heavy atom. The molecule has 0 saturated carbocycles. The van der Waals surface area contributed by atoms with Crippen molar-refractivity contribution in [3.63, 3.8) is 0 Å². The molecule has 1 saturated heterocycles. The molecule has 0 radical (unpaired) electrons. The number of hydrogen-bond acceptors (Lipinski definition) is 1. The Bertz CT molecular complexity index is 151. The highest BCUT2D eigenvalue weighted by atomic mass is 15.3. The summed E-state index contributed by atoms with van der Waals surface area (Å²) >= 11 is 0. The van der Waals surface area contributed by atoms with Crippen molar-refractivity contribution in [2.75, 3.05) is 13.6 Å². The lowest BCUT2D eigenvalue weighted by Gasteiger charge is -2.00. The number of unbranched alkanes of at least 4 members (excludes halogenated alkanes) is 2. The van der Waals surface area contributed by atoms with Gasteiger partial charge in [-0.3, -0.25) is 0 Å². The molecule has 0 bridgehead atoms. The Hall–Kier alpha value is -0.300. The quantitative estimate of drug-likeness (QED) is 0.334. The van der Waals surface area contributed by atoms with Crippen LogP contribution in [-0.2, 0) is 0 Å². The second kappa shape index (κ2) is 4.66. The molecule has 2 unspecified atom stereocenters. The molecule has 0 aromatic rings. The van der Waals surface area contributed by atoms with Gasteiger partial charge in [-0.05, 0) is 33.2 Å². The maximum Gasteiger partial charge on any atom is 0.0220 e. The highest BCUT2D eigenvalue weighted by molar-refractivity contribution is 4.88. The average Bonchev–Trinajstić information content (AvgIpc) is 2.65. The molecule has 1 heterocycles. The van der Waals surface area contributed by atoms with Crippen molar-refractivity contribution in [2.24, 2.45) is 0 Å². The van der Waals surface area contributed by atoms with E-state index in [2.05, 4.69) is 25.5 Å². The van der Waals surface area contributed by atoms with E-state index >= 15 is 0 Å². The van der Waals surface area contributed by atoms with Gasteiger partial charge in [0, 0.05) is 12.6 Å². The molecule has 1 heteroatoms. The maximum absolute atomic E-state index is 3.90. The van der Waals surface area contributed by atoms with E-state index in [1.54, 1.807) is 0 Å². The van der Waals surface area contributed by atoms with Crippen molar-refractivity contribution in [3.8, 4) is 0 Å². The van der Waals surface area contributed by atoms with Crippen molar-refractivity contribution < 1.29 is 0 Å². The number of hydrogen-bond donors (Lipinski definition) is 0. The molecule has 1 aliphatic heterocycles. The van der Waals surface area contributed by atoms with E-state index in [0.717, 1.165) is 6.04 Å². The van der Waals surface area contributed by atoms with E-state index in [4.69, 9.17) is 0 Å². The Kier molecular flexibility index (Phi) is 3.80. The fourth-order valence-corrected chi connectivity index (χ4v) is 1.58. The predicted molar refractivity (Wildman–Crippen MR) is 54.3 cm³/mol. The standard InChI is InChI=1S/C11H21N/c1-10(2)7-5-4-6-8-11-9-12(11)3/h11H,1,4-9H2,2-3H3. The first-order chi connectivity index (χ1) is 5.70. The summed E-state index contributed by atoms with van der Waals surface area (Å²) in [4.78, 5) is 2.42. The van der Waals surface area contributed by atoms with Gasteiger partial charge in [0.25, 0.3) is 0 Å². The van der Waals surface area contributed by atoms with Crippen LogP contribution in [0.4, 0.5) is 0 Å². The van der Waals surface area contributed by atoms with Crippen molar-refractivity contribution in [1.82, 2.24) is 4.90 Å². The Labute approximate surface area is 76.5 Å². The van der Waals surface area contributed by atoms with Crippen LogP contribution in [-0.4, -0.2) is 24.5 Å². The zero-order chi connectivity index (χ0) is 8.97. The van der Waals surface area contributed by atoms with Crippen molar-refractivity contribution in [1.29, 1.82) is 0 Å². The summed E-state index contributed by atoms with van der Waals surface area (Å²) in [6, 6.07) is 0.926. The van der Waals surface area contributed by atoms with Crippen LogP contribution in [0.25, 0.3) is 0 Å². The summed E-state index contributed by atoms with van der Waals surface area (Å²) in [5, 5.41) is 0. The Balaban J connectivity index is 1.80. The van der Waals surface area contributed by atoms with Crippen LogP contribution in [0.1, 0.15) is 39.0 Å². The highest BCUT2D eigenvalue weighted by Gasteiger charge is 2.27. The first-order valence-corrected chi connectivity index (χ1v) is 5.05. The monoisotopic (exact) mass is 167 g/mol. The van der Waals surface area contributed by atoms with E-state index in [0.29, 0.717) is 0 Å². The second-order valence-corrected chi connectivity index (χ2v) is 4.15. The molecule has 1 rings (SSSR count). The minimum absolute atomic E-state index is 0.926. The lowest BCUT2D eigenvalue weighted by Crippen LogP contribution is -1.93. The summed E-state index contributed by atoms with van der Waals surface area (Å²) in [7, 11) is 2.21. The summed E-state index contributed by atoms with van der Waals surface area (Å²) in [5.74, 6) is 0. The van der Waals surface area contributed by atoms with Gasteiger partial charge >= 0.3 is 0 Å². The topological polar surface area (TPSA) is 3.01 Å².